The number of likely N-dealkylation sites (tertiary alicyclic amines) is 1. The summed E-state index contributed by atoms with van der Waals surface area (Å²) >= 11 is 0. The minimum absolute atomic E-state index is 0.00509. The molecule has 2 aromatic rings. The minimum atomic E-state index is -0.00509. The molecule has 1 saturated carbocycles. The van der Waals surface area contributed by atoms with Crippen molar-refractivity contribution in [1.29, 1.82) is 0 Å². The zero-order chi connectivity index (χ0) is 15.8. The minimum Gasteiger partial charge on any atom is -0.448 e. The van der Waals surface area contributed by atoms with Crippen molar-refractivity contribution in [2.24, 2.45) is 17.8 Å². The Bertz CT molecular complexity index is 700. The van der Waals surface area contributed by atoms with E-state index < -0.39 is 0 Å². The van der Waals surface area contributed by atoms with Gasteiger partial charge in [-0.25, -0.2) is 4.98 Å². The molecule has 120 valence electrons. The van der Waals surface area contributed by atoms with Gasteiger partial charge in [0, 0.05) is 38.6 Å². The van der Waals surface area contributed by atoms with Crippen molar-refractivity contribution >= 4 is 5.91 Å². The molecule has 0 N–H and O–H groups in total. The maximum Gasteiger partial charge on any atom is 0.275 e. The average Bonchev–Trinajstić information content (AvgIpc) is 3.25. The average molecular weight is 312 g/mol. The van der Waals surface area contributed by atoms with Crippen LogP contribution < -0.4 is 0 Å². The number of oxazole rings is 1. The molecule has 0 spiro atoms. The van der Waals surface area contributed by atoms with Crippen LogP contribution in [0.1, 0.15) is 34.9 Å². The highest BCUT2D eigenvalue weighted by Crippen LogP contribution is 2.43. The number of aryl methyl sites for hydroxylation is 1. The highest BCUT2D eigenvalue weighted by atomic mass is 16.3. The number of rotatable bonds is 3. The van der Waals surface area contributed by atoms with Gasteiger partial charge in [-0.1, -0.05) is 0 Å². The van der Waals surface area contributed by atoms with E-state index in [9.17, 15) is 4.79 Å². The fourth-order valence-corrected chi connectivity index (χ4v) is 4.13. The van der Waals surface area contributed by atoms with Crippen LogP contribution in [0.25, 0.3) is 0 Å². The van der Waals surface area contributed by atoms with Gasteiger partial charge >= 0.3 is 0 Å². The molecule has 4 rings (SSSR count). The quantitative estimate of drug-likeness (QED) is 0.868. The van der Waals surface area contributed by atoms with Crippen LogP contribution in [0.3, 0.4) is 0 Å². The third kappa shape index (κ3) is 2.73. The van der Waals surface area contributed by atoms with Crippen LogP contribution in [0, 0.1) is 24.7 Å². The summed E-state index contributed by atoms with van der Waals surface area (Å²) in [4.78, 5) is 27.2. The molecule has 23 heavy (non-hydrogen) atoms. The Kier molecular flexibility index (Phi) is 3.59. The van der Waals surface area contributed by atoms with Gasteiger partial charge in [0.25, 0.3) is 5.91 Å². The van der Waals surface area contributed by atoms with Crippen LogP contribution in [0.15, 0.2) is 29.3 Å². The molecule has 6 nitrogen and oxygen atoms in total. The molecule has 1 aliphatic carbocycles. The van der Waals surface area contributed by atoms with Crippen LogP contribution in [0.5, 0.6) is 0 Å². The van der Waals surface area contributed by atoms with Crippen LogP contribution in [-0.2, 0) is 6.42 Å². The van der Waals surface area contributed by atoms with E-state index in [2.05, 4.69) is 15.0 Å². The van der Waals surface area contributed by atoms with Gasteiger partial charge < -0.3 is 9.32 Å². The monoisotopic (exact) mass is 312 g/mol. The molecule has 6 heteroatoms. The molecule has 2 aliphatic rings. The van der Waals surface area contributed by atoms with Gasteiger partial charge in [0.1, 0.15) is 6.26 Å². The van der Waals surface area contributed by atoms with Gasteiger partial charge in [0.15, 0.2) is 11.6 Å². The van der Waals surface area contributed by atoms with Gasteiger partial charge in [0.05, 0.1) is 5.69 Å². The smallest absolute Gasteiger partial charge is 0.275 e. The van der Waals surface area contributed by atoms with Crippen LogP contribution in [0.4, 0.5) is 0 Å². The Hall–Kier alpha value is -2.24. The second-order valence-corrected chi connectivity index (χ2v) is 6.62. The van der Waals surface area contributed by atoms with Crippen molar-refractivity contribution in [2.75, 3.05) is 13.1 Å². The lowest BCUT2D eigenvalue weighted by Gasteiger charge is -2.19. The molecular weight excluding hydrogens is 292 g/mol. The lowest BCUT2D eigenvalue weighted by atomic mass is 9.89. The number of hydrogen-bond acceptors (Lipinski definition) is 5. The van der Waals surface area contributed by atoms with E-state index in [4.69, 9.17) is 4.42 Å². The molecule has 3 heterocycles. The van der Waals surface area contributed by atoms with Crippen molar-refractivity contribution in [3.05, 3.63) is 42.1 Å². The summed E-state index contributed by atoms with van der Waals surface area (Å²) in [6.45, 7) is 3.42. The molecule has 0 radical (unpaired) electrons. The molecule has 3 atom stereocenters. The highest BCUT2D eigenvalue weighted by Gasteiger charge is 2.44. The summed E-state index contributed by atoms with van der Waals surface area (Å²) in [5.74, 6) is 2.29. The molecule has 0 unspecified atom stereocenters. The van der Waals surface area contributed by atoms with E-state index in [-0.39, 0.29) is 5.91 Å². The van der Waals surface area contributed by atoms with Gasteiger partial charge in [-0.05, 0) is 37.0 Å². The predicted octanol–water partition coefficient (Wildman–Crippen LogP) is 2.11. The molecule has 0 aromatic carbocycles. The lowest BCUT2D eigenvalue weighted by Crippen LogP contribution is -2.30. The van der Waals surface area contributed by atoms with Crippen molar-refractivity contribution in [3.63, 3.8) is 0 Å². The Morgan fingerprint density at radius 2 is 2.26 bits per heavy atom. The summed E-state index contributed by atoms with van der Waals surface area (Å²) in [7, 11) is 0. The van der Waals surface area contributed by atoms with Gasteiger partial charge in [0.2, 0.25) is 0 Å². The number of carbonyl (C=O) groups is 1. The van der Waals surface area contributed by atoms with E-state index in [1.54, 1.807) is 19.3 Å². The lowest BCUT2D eigenvalue weighted by molar-refractivity contribution is 0.0770. The number of fused-ring (bicyclic) bond motifs is 1. The summed E-state index contributed by atoms with van der Waals surface area (Å²) < 4.78 is 5.17. The Morgan fingerprint density at radius 1 is 1.35 bits per heavy atom. The number of nitrogens with zero attached hydrogens (tertiary/aromatic N) is 4. The van der Waals surface area contributed by atoms with E-state index in [1.165, 1.54) is 19.1 Å². The first kappa shape index (κ1) is 14.4. The first-order valence-corrected chi connectivity index (χ1v) is 8.17. The number of carbonyl (C=O) groups excluding carboxylic acids is 1. The van der Waals surface area contributed by atoms with Crippen molar-refractivity contribution < 1.29 is 9.21 Å². The highest BCUT2D eigenvalue weighted by molar-refractivity contribution is 5.92. The summed E-state index contributed by atoms with van der Waals surface area (Å²) in [5, 5.41) is 0. The van der Waals surface area contributed by atoms with Crippen LogP contribution in [0.2, 0.25) is 0 Å². The SMILES string of the molecule is Cc1nc(C(=O)N2C[C@H]3CC[C@H](Cc4cnccn4)[C@H]3C2)co1. The maximum absolute atomic E-state index is 12.5. The molecular formula is C17H20N4O2. The van der Waals surface area contributed by atoms with Crippen molar-refractivity contribution in [1.82, 2.24) is 19.9 Å². The summed E-state index contributed by atoms with van der Waals surface area (Å²) in [6.07, 6.45) is 10.1. The van der Waals surface area contributed by atoms with E-state index in [1.807, 2.05) is 11.1 Å². The standard InChI is InChI=1S/C17H20N4O2/c1-11-20-16(10-23-11)17(22)21-8-13-3-2-12(15(13)9-21)6-14-7-18-4-5-19-14/h4-5,7,10,12-13,15H,2-3,6,8-9H2,1H3/t12-,13-,15-/m1/s1. The molecule has 1 saturated heterocycles. The van der Waals surface area contributed by atoms with Gasteiger partial charge in [-0.3, -0.25) is 14.8 Å². The molecule has 1 aliphatic heterocycles. The first-order valence-electron chi connectivity index (χ1n) is 8.17. The summed E-state index contributed by atoms with van der Waals surface area (Å²) in [5.41, 5.74) is 1.48. The fourth-order valence-electron chi connectivity index (χ4n) is 4.13. The fraction of sp³-hybridized carbons (Fsp3) is 0.529. The normalized spacial score (nSPS) is 26.5. The van der Waals surface area contributed by atoms with Crippen molar-refractivity contribution in [2.45, 2.75) is 26.2 Å². The number of aromatic nitrogens is 3. The second kappa shape index (κ2) is 5.76. The Labute approximate surface area is 135 Å². The van der Waals surface area contributed by atoms with Crippen LogP contribution >= 0.6 is 0 Å². The molecule has 0 bridgehead atoms. The predicted molar refractivity (Wildman–Crippen MR) is 82.6 cm³/mol. The Morgan fingerprint density at radius 3 is 3.00 bits per heavy atom. The van der Waals surface area contributed by atoms with E-state index in [0.717, 1.165) is 25.2 Å². The Balaban J connectivity index is 1.44. The van der Waals surface area contributed by atoms with Gasteiger partial charge in [-0.2, -0.15) is 0 Å². The third-order valence-corrected chi connectivity index (χ3v) is 5.22. The maximum atomic E-state index is 12.5. The molecule has 1 amide bonds. The second-order valence-electron chi connectivity index (χ2n) is 6.62. The molecule has 2 fully saturated rings. The zero-order valence-corrected chi connectivity index (χ0v) is 13.2. The van der Waals surface area contributed by atoms with Crippen molar-refractivity contribution in [3.8, 4) is 0 Å². The summed E-state index contributed by atoms with van der Waals surface area (Å²) in [6, 6.07) is 0. The zero-order valence-electron chi connectivity index (χ0n) is 13.2. The van der Waals surface area contributed by atoms with E-state index in [0.29, 0.717) is 29.3 Å². The first-order chi connectivity index (χ1) is 11.2. The number of hydrogen-bond donors (Lipinski definition) is 0. The number of amides is 1. The topological polar surface area (TPSA) is 72.1 Å². The van der Waals surface area contributed by atoms with Crippen LogP contribution in [-0.4, -0.2) is 38.8 Å². The largest absolute Gasteiger partial charge is 0.448 e. The third-order valence-electron chi connectivity index (χ3n) is 5.22. The van der Waals surface area contributed by atoms with E-state index >= 15 is 0 Å². The molecule has 2 aromatic heterocycles. The van der Waals surface area contributed by atoms with Gasteiger partial charge in [-0.15, -0.1) is 0 Å².